The van der Waals surface area contributed by atoms with E-state index in [-0.39, 0.29) is 18.4 Å². The van der Waals surface area contributed by atoms with Crippen LogP contribution in [0.2, 0.25) is 0 Å². The van der Waals surface area contributed by atoms with Crippen LogP contribution in [-0.2, 0) is 9.53 Å². The van der Waals surface area contributed by atoms with Gasteiger partial charge < -0.3 is 24.2 Å². The first-order chi connectivity index (χ1) is 14.0. The third-order valence-electron chi connectivity index (χ3n) is 5.82. The Morgan fingerprint density at radius 3 is 2.28 bits per heavy atom. The first-order valence-corrected chi connectivity index (χ1v) is 9.54. The SMILES string of the molecule is COc1ccc(Oc2ccc(C(=O)N3C[C@@H]4COCC[C@]4(C(=O)O)C3)cc2)cc1. The third-order valence-corrected chi connectivity index (χ3v) is 5.82. The van der Waals surface area contributed by atoms with Crippen molar-refractivity contribution >= 4 is 11.9 Å². The topological polar surface area (TPSA) is 85.3 Å². The van der Waals surface area contributed by atoms with E-state index in [2.05, 4.69) is 0 Å². The predicted octanol–water partition coefficient (Wildman–Crippen LogP) is 3.05. The molecule has 0 aliphatic carbocycles. The predicted molar refractivity (Wildman–Crippen MR) is 104 cm³/mol. The van der Waals surface area contributed by atoms with Gasteiger partial charge in [0.1, 0.15) is 17.2 Å². The van der Waals surface area contributed by atoms with Gasteiger partial charge in [-0.3, -0.25) is 9.59 Å². The van der Waals surface area contributed by atoms with Crippen LogP contribution in [0.25, 0.3) is 0 Å². The van der Waals surface area contributed by atoms with Crippen molar-refractivity contribution in [3.8, 4) is 17.2 Å². The van der Waals surface area contributed by atoms with Crippen molar-refractivity contribution in [2.24, 2.45) is 11.3 Å². The number of aliphatic carboxylic acids is 1. The van der Waals surface area contributed by atoms with Crippen LogP contribution in [0, 0.1) is 11.3 Å². The molecule has 152 valence electrons. The van der Waals surface area contributed by atoms with E-state index in [1.807, 2.05) is 12.1 Å². The lowest BCUT2D eigenvalue weighted by molar-refractivity contribution is -0.157. The van der Waals surface area contributed by atoms with Crippen molar-refractivity contribution in [2.75, 3.05) is 33.4 Å². The summed E-state index contributed by atoms with van der Waals surface area (Å²) in [5.74, 6) is 0.832. The minimum Gasteiger partial charge on any atom is -0.497 e. The van der Waals surface area contributed by atoms with E-state index in [1.54, 1.807) is 48.4 Å². The zero-order valence-corrected chi connectivity index (χ0v) is 16.2. The highest BCUT2D eigenvalue weighted by atomic mass is 16.5. The molecular formula is C22H23NO6. The Morgan fingerprint density at radius 1 is 1.07 bits per heavy atom. The quantitative estimate of drug-likeness (QED) is 0.835. The summed E-state index contributed by atoms with van der Waals surface area (Å²) in [6, 6.07) is 14.1. The number of ether oxygens (including phenoxy) is 3. The van der Waals surface area contributed by atoms with Crippen LogP contribution < -0.4 is 9.47 Å². The smallest absolute Gasteiger partial charge is 0.311 e. The van der Waals surface area contributed by atoms with Gasteiger partial charge in [-0.05, 0) is 55.0 Å². The monoisotopic (exact) mass is 397 g/mol. The van der Waals surface area contributed by atoms with Gasteiger partial charge >= 0.3 is 5.97 Å². The van der Waals surface area contributed by atoms with Crippen molar-refractivity contribution in [1.29, 1.82) is 0 Å². The van der Waals surface area contributed by atoms with Gasteiger partial charge in [0, 0.05) is 31.2 Å². The molecule has 2 aliphatic rings. The van der Waals surface area contributed by atoms with Crippen molar-refractivity contribution in [3.63, 3.8) is 0 Å². The Hall–Kier alpha value is -3.06. The van der Waals surface area contributed by atoms with Crippen molar-refractivity contribution in [2.45, 2.75) is 6.42 Å². The highest BCUT2D eigenvalue weighted by Gasteiger charge is 2.54. The van der Waals surface area contributed by atoms with E-state index < -0.39 is 11.4 Å². The summed E-state index contributed by atoms with van der Waals surface area (Å²) in [5.41, 5.74) is -0.391. The molecule has 7 heteroatoms. The molecule has 2 fully saturated rings. The molecule has 0 bridgehead atoms. The summed E-state index contributed by atoms with van der Waals surface area (Å²) < 4.78 is 16.4. The molecule has 0 radical (unpaired) electrons. The molecule has 0 aromatic heterocycles. The lowest BCUT2D eigenvalue weighted by atomic mass is 9.74. The number of methoxy groups -OCH3 is 1. The first kappa shape index (κ1) is 19.3. The van der Waals surface area contributed by atoms with Crippen LogP contribution >= 0.6 is 0 Å². The Balaban J connectivity index is 1.45. The zero-order valence-electron chi connectivity index (χ0n) is 16.2. The number of carbonyl (C=O) groups excluding carboxylic acids is 1. The minimum atomic E-state index is -0.897. The molecule has 2 aromatic rings. The normalized spacial score (nSPS) is 23.3. The van der Waals surface area contributed by atoms with E-state index in [9.17, 15) is 14.7 Å². The van der Waals surface area contributed by atoms with Gasteiger partial charge in [0.05, 0.1) is 19.1 Å². The molecule has 0 unspecified atom stereocenters. The number of carbonyl (C=O) groups is 2. The number of hydrogen-bond acceptors (Lipinski definition) is 5. The van der Waals surface area contributed by atoms with E-state index in [4.69, 9.17) is 14.2 Å². The molecule has 7 nitrogen and oxygen atoms in total. The van der Waals surface area contributed by atoms with Crippen molar-refractivity contribution in [1.82, 2.24) is 4.90 Å². The lowest BCUT2D eigenvalue weighted by Gasteiger charge is -2.33. The molecule has 2 aliphatic heterocycles. The van der Waals surface area contributed by atoms with Gasteiger partial charge in [0.15, 0.2) is 0 Å². The number of likely N-dealkylation sites (tertiary alicyclic amines) is 1. The fourth-order valence-corrected chi connectivity index (χ4v) is 4.08. The summed E-state index contributed by atoms with van der Waals surface area (Å²) in [7, 11) is 1.60. The lowest BCUT2D eigenvalue weighted by Crippen LogP contribution is -2.45. The van der Waals surface area contributed by atoms with Crippen LogP contribution in [0.4, 0.5) is 0 Å². The molecular weight excluding hydrogens is 374 g/mol. The molecule has 2 aromatic carbocycles. The Bertz CT molecular complexity index is 895. The summed E-state index contributed by atoms with van der Waals surface area (Å²) in [6.07, 6.45) is 0.436. The van der Waals surface area contributed by atoms with E-state index >= 15 is 0 Å². The van der Waals surface area contributed by atoms with Crippen molar-refractivity contribution in [3.05, 3.63) is 54.1 Å². The number of amides is 1. The second-order valence-electron chi connectivity index (χ2n) is 7.47. The van der Waals surface area contributed by atoms with Gasteiger partial charge in [-0.2, -0.15) is 0 Å². The second-order valence-corrected chi connectivity index (χ2v) is 7.47. The standard InChI is InChI=1S/C22H23NO6/c1-27-17-6-8-19(9-7-17)29-18-4-2-15(3-5-18)20(24)23-12-16-13-28-11-10-22(16,14-23)21(25)26/h2-9,16H,10-14H2,1H3,(H,25,26)/t16-,22+/m1/s1. The summed E-state index contributed by atoms with van der Waals surface area (Å²) in [6.45, 7) is 1.42. The molecule has 1 amide bonds. The van der Waals surface area contributed by atoms with Gasteiger partial charge in [-0.15, -0.1) is 0 Å². The zero-order chi connectivity index (χ0) is 20.4. The number of carboxylic acids is 1. The number of rotatable bonds is 5. The van der Waals surface area contributed by atoms with Crippen LogP contribution in [0.5, 0.6) is 17.2 Å². The van der Waals surface area contributed by atoms with Crippen LogP contribution in [0.1, 0.15) is 16.8 Å². The van der Waals surface area contributed by atoms with Crippen LogP contribution in [0.15, 0.2) is 48.5 Å². The van der Waals surface area contributed by atoms with E-state index in [1.165, 1.54) is 0 Å². The Labute approximate surface area is 168 Å². The van der Waals surface area contributed by atoms with Crippen molar-refractivity contribution < 1.29 is 28.9 Å². The van der Waals surface area contributed by atoms with E-state index in [0.717, 1.165) is 5.75 Å². The summed E-state index contributed by atoms with van der Waals surface area (Å²) in [5, 5.41) is 9.76. The molecule has 2 saturated heterocycles. The average molecular weight is 397 g/mol. The molecule has 0 spiro atoms. The minimum absolute atomic E-state index is 0.170. The number of nitrogens with zero attached hydrogens (tertiary/aromatic N) is 1. The number of hydrogen-bond donors (Lipinski definition) is 1. The van der Waals surface area contributed by atoms with Crippen LogP contribution in [-0.4, -0.2) is 55.3 Å². The maximum Gasteiger partial charge on any atom is 0.311 e. The first-order valence-electron chi connectivity index (χ1n) is 9.54. The fraction of sp³-hybridized carbons (Fsp3) is 0.364. The molecule has 29 heavy (non-hydrogen) atoms. The molecule has 1 N–H and O–H groups in total. The van der Waals surface area contributed by atoms with E-state index in [0.29, 0.717) is 43.2 Å². The highest BCUT2D eigenvalue weighted by Crippen LogP contribution is 2.42. The maximum atomic E-state index is 12.9. The summed E-state index contributed by atoms with van der Waals surface area (Å²) >= 11 is 0. The number of carboxylic acid groups (broad SMARTS) is 1. The number of fused-ring (bicyclic) bond motifs is 1. The highest BCUT2D eigenvalue weighted by molar-refractivity contribution is 5.95. The van der Waals surface area contributed by atoms with Gasteiger partial charge in [0.2, 0.25) is 0 Å². The van der Waals surface area contributed by atoms with Gasteiger partial charge in [-0.1, -0.05) is 0 Å². The molecule has 4 rings (SSSR count). The molecule has 2 heterocycles. The maximum absolute atomic E-state index is 12.9. The second kappa shape index (κ2) is 7.75. The van der Waals surface area contributed by atoms with Crippen LogP contribution in [0.3, 0.4) is 0 Å². The Kier molecular flexibility index (Phi) is 5.15. The molecule has 0 saturated carbocycles. The number of benzene rings is 2. The summed E-state index contributed by atoms with van der Waals surface area (Å²) in [4.78, 5) is 26.5. The average Bonchev–Trinajstić information content (AvgIpc) is 3.16. The molecule has 2 atom stereocenters. The van der Waals surface area contributed by atoms with Gasteiger partial charge in [0.25, 0.3) is 5.91 Å². The Morgan fingerprint density at radius 2 is 1.69 bits per heavy atom. The largest absolute Gasteiger partial charge is 0.497 e. The third kappa shape index (κ3) is 3.65. The van der Waals surface area contributed by atoms with Gasteiger partial charge in [-0.25, -0.2) is 0 Å². The fourth-order valence-electron chi connectivity index (χ4n) is 4.08.